The molecule has 116 valence electrons. The van der Waals surface area contributed by atoms with Crippen molar-refractivity contribution in [3.63, 3.8) is 0 Å². The Balaban J connectivity index is 2.67. The topological polar surface area (TPSA) is 66.4 Å². The maximum Gasteiger partial charge on any atom is 0.329 e. The Kier molecular flexibility index (Phi) is 6.74. The molecular weight excluding hydrogens is 354 g/mol. The van der Waals surface area contributed by atoms with Crippen molar-refractivity contribution >= 4 is 39.6 Å². The zero-order valence-corrected chi connectivity index (χ0v) is 14.8. The average Bonchev–Trinajstić information content (AvgIpc) is 2.43. The van der Waals surface area contributed by atoms with Gasteiger partial charge in [0.2, 0.25) is 5.91 Å². The minimum Gasteiger partial charge on any atom is -0.480 e. The van der Waals surface area contributed by atoms with Gasteiger partial charge in [0.15, 0.2) is 0 Å². The van der Waals surface area contributed by atoms with Crippen LogP contribution in [0.3, 0.4) is 0 Å². The second-order valence-corrected chi connectivity index (χ2v) is 6.77. The molecule has 1 amide bonds. The van der Waals surface area contributed by atoms with E-state index in [-0.39, 0.29) is 11.7 Å². The number of halogens is 1. The lowest BCUT2D eigenvalue weighted by Gasteiger charge is -2.28. The molecule has 1 aromatic carbocycles. The van der Waals surface area contributed by atoms with E-state index in [1.165, 1.54) is 11.8 Å². The van der Waals surface area contributed by atoms with Crippen molar-refractivity contribution in [1.82, 2.24) is 5.32 Å². The SMILES string of the molecule is CCC(CC)(NC(=O)CSc1ccc(Br)cc1C)C(=O)O. The summed E-state index contributed by atoms with van der Waals surface area (Å²) in [4.78, 5) is 24.4. The summed E-state index contributed by atoms with van der Waals surface area (Å²) in [7, 11) is 0. The molecule has 0 unspecified atom stereocenters. The van der Waals surface area contributed by atoms with E-state index in [1.807, 2.05) is 25.1 Å². The highest BCUT2D eigenvalue weighted by Gasteiger charge is 2.36. The van der Waals surface area contributed by atoms with Crippen LogP contribution < -0.4 is 5.32 Å². The maximum absolute atomic E-state index is 12.0. The number of thioether (sulfide) groups is 1. The van der Waals surface area contributed by atoms with Gasteiger partial charge in [0.05, 0.1) is 5.75 Å². The van der Waals surface area contributed by atoms with Gasteiger partial charge in [-0.05, 0) is 43.5 Å². The van der Waals surface area contributed by atoms with Gasteiger partial charge < -0.3 is 10.4 Å². The van der Waals surface area contributed by atoms with Gasteiger partial charge in [-0.3, -0.25) is 4.79 Å². The molecule has 2 N–H and O–H groups in total. The fourth-order valence-electron chi connectivity index (χ4n) is 2.00. The smallest absolute Gasteiger partial charge is 0.329 e. The average molecular weight is 374 g/mol. The number of amides is 1. The molecule has 0 aliphatic carbocycles. The number of carbonyl (C=O) groups excluding carboxylic acids is 1. The number of hydrogen-bond donors (Lipinski definition) is 2. The first-order valence-corrected chi connectivity index (χ1v) is 8.56. The molecule has 0 saturated carbocycles. The quantitative estimate of drug-likeness (QED) is 0.716. The Morgan fingerprint density at radius 3 is 2.43 bits per heavy atom. The third kappa shape index (κ3) is 4.74. The first kappa shape index (κ1) is 18.0. The highest BCUT2D eigenvalue weighted by atomic mass is 79.9. The van der Waals surface area contributed by atoms with Gasteiger partial charge in [-0.15, -0.1) is 11.8 Å². The lowest BCUT2D eigenvalue weighted by Crippen LogP contribution is -2.54. The second kappa shape index (κ2) is 7.84. The van der Waals surface area contributed by atoms with Crippen molar-refractivity contribution in [1.29, 1.82) is 0 Å². The van der Waals surface area contributed by atoms with E-state index in [9.17, 15) is 14.7 Å². The van der Waals surface area contributed by atoms with Crippen molar-refractivity contribution in [3.05, 3.63) is 28.2 Å². The molecule has 4 nitrogen and oxygen atoms in total. The van der Waals surface area contributed by atoms with Gasteiger partial charge in [-0.25, -0.2) is 4.79 Å². The molecule has 21 heavy (non-hydrogen) atoms. The van der Waals surface area contributed by atoms with Crippen LogP contribution in [0.5, 0.6) is 0 Å². The van der Waals surface area contributed by atoms with Crippen LogP contribution in [0.1, 0.15) is 32.3 Å². The molecule has 0 radical (unpaired) electrons. The van der Waals surface area contributed by atoms with Crippen molar-refractivity contribution in [3.8, 4) is 0 Å². The molecule has 0 aliphatic rings. The zero-order chi connectivity index (χ0) is 16.0. The Morgan fingerprint density at radius 1 is 1.33 bits per heavy atom. The summed E-state index contributed by atoms with van der Waals surface area (Å²) in [6, 6.07) is 5.86. The normalized spacial score (nSPS) is 11.2. The van der Waals surface area contributed by atoms with E-state index in [1.54, 1.807) is 13.8 Å². The van der Waals surface area contributed by atoms with Crippen molar-refractivity contribution in [2.45, 2.75) is 44.0 Å². The molecule has 0 saturated heterocycles. The number of rotatable bonds is 7. The maximum atomic E-state index is 12.0. The van der Waals surface area contributed by atoms with Gasteiger partial charge in [0, 0.05) is 9.37 Å². The van der Waals surface area contributed by atoms with Crippen LogP contribution in [-0.4, -0.2) is 28.3 Å². The van der Waals surface area contributed by atoms with Crippen molar-refractivity contribution in [2.24, 2.45) is 0 Å². The Hall–Kier alpha value is -1.01. The highest BCUT2D eigenvalue weighted by molar-refractivity contribution is 9.10. The fraction of sp³-hybridized carbons (Fsp3) is 0.467. The highest BCUT2D eigenvalue weighted by Crippen LogP contribution is 2.25. The molecule has 0 aromatic heterocycles. The lowest BCUT2D eigenvalue weighted by molar-refractivity contribution is -0.147. The summed E-state index contributed by atoms with van der Waals surface area (Å²) in [5.41, 5.74) is -0.0792. The van der Waals surface area contributed by atoms with Crippen LogP contribution in [0.4, 0.5) is 0 Å². The van der Waals surface area contributed by atoms with E-state index in [0.717, 1.165) is 14.9 Å². The summed E-state index contributed by atoms with van der Waals surface area (Å²) in [6.07, 6.45) is 0.735. The number of benzene rings is 1. The number of carbonyl (C=O) groups is 2. The van der Waals surface area contributed by atoms with E-state index < -0.39 is 11.5 Å². The summed E-state index contributed by atoms with van der Waals surface area (Å²) in [5.74, 6) is -1.03. The molecule has 1 aromatic rings. The zero-order valence-electron chi connectivity index (χ0n) is 12.4. The van der Waals surface area contributed by atoms with E-state index in [2.05, 4.69) is 21.2 Å². The van der Waals surface area contributed by atoms with Gasteiger partial charge in [0.25, 0.3) is 0 Å². The predicted octanol–water partition coefficient (Wildman–Crippen LogP) is 3.61. The molecule has 0 aliphatic heterocycles. The summed E-state index contributed by atoms with van der Waals surface area (Å²) in [5, 5.41) is 12.0. The Bertz CT molecular complexity index is 530. The molecule has 1 rings (SSSR count). The van der Waals surface area contributed by atoms with Gasteiger partial charge in [-0.2, -0.15) is 0 Å². The van der Waals surface area contributed by atoms with E-state index >= 15 is 0 Å². The molecule has 0 fully saturated rings. The van der Waals surface area contributed by atoms with Crippen LogP contribution in [0.2, 0.25) is 0 Å². The van der Waals surface area contributed by atoms with Gasteiger partial charge >= 0.3 is 5.97 Å². The summed E-state index contributed by atoms with van der Waals surface area (Å²) >= 11 is 4.81. The first-order valence-electron chi connectivity index (χ1n) is 6.78. The number of carboxylic acids is 1. The van der Waals surface area contributed by atoms with Crippen LogP contribution in [-0.2, 0) is 9.59 Å². The minimum atomic E-state index is -1.16. The van der Waals surface area contributed by atoms with Crippen LogP contribution >= 0.6 is 27.7 Å². The van der Waals surface area contributed by atoms with Crippen LogP contribution in [0.15, 0.2) is 27.6 Å². The number of aryl methyl sites for hydroxylation is 1. The predicted molar refractivity (Wildman–Crippen MR) is 88.7 cm³/mol. The lowest BCUT2D eigenvalue weighted by atomic mass is 9.93. The minimum absolute atomic E-state index is 0.206. The number of hydrogen-bond acceptors (Lipinski definition) is 3. The molecular formula is C15H20BrNO3S. The first-order chi connectivity index (χ1) is 9.84. The number of aliphatic carboxylic acids is 1. The van der Waals surface area contributed by atoms with Gasteiger partial charge in [0.1, 0.15) is 5.54 Å². The Labute approximate surface area is 137 Å². The molecule has 0 bridgehead atoms. The fourth-order valence-corrected chi connectivity index (χ4v) is 3.29. The van der Waals surface area contributed by atoms with E-state index in [0.29, 0.717) is 12.8 Å². The monoisotopic (exact) mass is 373 g/mol. The van der Waals surface area contributed by atoms with E-state index in [4.69, 9.17) is 0 Å². The van der Waals surface area contributed by atoms with Crippen molar-refractivity contribution < 1.29 is 14.7 Å². The van der Waals surface area contributed by atoms with Gasteiger partial charge in [-0.1, -0.05) is 29.8 Å². The molecule has 0 atom stereocenters. The number of nitrogens with one attached hydrogen (secondary N) is 1. The molecule has 0 heterocycles. The summed E-state index contributed by atoms with van der Waals surface area (Å²) in [6.45, 7) is 5.51. The number of carboxylic acid groups (broad SMARTS) is 1. The Morgan fingerprint density at radius 2 is 1.95 bits per heavy atom. The molecule has 6 heteroatoms. The molecule has 0 spiro atoms. The third-order valence-corrected chi connectivity index (χ3v) is 5.16. The summed E-state index contributed by atoms with van der Waals surface area (Å²) < 4.78 is 0.996. The third-order valence-electron chi connectivity index (χ3n) is 3.49. The van der Waals surface area contributed by atoms with Crippen LogP contribution in [0.25, 0.3) is 0 Å². The largest absolute Gasteiger partial charge is 0.480 e. The van der Waals surface area contributed by atoms with Crippen LogP contribution in [0, 0.1) is 6.92 Å². The van der Waals surface area contributed by atoms with Crippen molar-refractivity contribution in [2.75, 3.05) is 5.75 Å². The second-order valence-electron chi connectivity index (χ2n) is 4.84. The standard InChI is InChI=1S/C15H20BrNO3S/c1-4-15(5-2,14(19)20)17-13(18)9-21-12-7-6-11(16)8-10(12)3/h6-8H,4-5,9H2,1-3H3,(H,17,18)(H,19,20).